The molecule has 2 aromatic carbocycles. The van der Waals surface area contributed by atoms with E-state index in [1.54, 1.807) is 39.2 Å². The topological polar surface area (TPSA) is 101 Å². The first-order valence-electron chi connectivity index (χ1n) is 11.5. The SMILES string of the molecule is COc1ccc(C=CCNC(=O)C2=C(C)N=C(C)C(C(=O)OCCC#N)C2c2cccc(Cl)c2)cc1. The van der Waals surface area contributed by atoms with Gasteiger partial charge in [0, 0.05) is 34.5 Å². The van der Waals surface area contributed by atoms with Crippen LogP contribution in [0.3, 0.4) is 0 Å². The van der Waals surface area contributed by atoms with Crippen LogP contribution >= 0.6 is 11.6 Å². The molecule has 8 heteroatoms. The molecule has 0 saturated heterocycles. The number of nitrogens with zero attached hydrogens (tertiary/aromatic N) is 2. The third kappa shape index (κ3) is 6.61. The summed E-state index contributed by atoms with van der Waals surface area (Å²) in [6.45, 7) is 3.75. The average Bonchev–Trinajstić information content (AvgIpc) is 2.86. The molecule has 0 bridgehead atoms. The molecule has 0 saturated carbocycles. The lowest BCUT2D eigenvalue weighted by Crippen LogP contribution is -2.39. The summed E-state index contributed by atoms with van der Waals surface area (Å²) in [6.07, 6.45) is 3.82. The van der Waals surface area contributed by atoms with Crippen molar-refractivity contribution in [2.75, 3.05) is 20.3 Å². The quantitative estimate of drug-likeness (QED) is 0.378. The van der Waals surface area contributed by atoms with E-state index < -0.39 is 17.8 Å². The lowest BCUT2D eigenvalue weighted by Gasteiger charge is -2.32. The largest absolute Gasteiger partial charge is 0.497 e. The van der Waals surface area contributed by atoms with Gasteiger partial charge in [-0.25, -0.2) is 0 Å². The van der Waals surface area contributed by atoms with Crippen molar-refractivity contribution in [3.63, 3.8) is 0 Å². The summed E-state index contributed by atoms with van der Waals surface area (Å²) in [7, 11) is 1.61. The zero-order valence-electron chi connectivity index (χ0n) is 20.5. The van der Waals surface area contributed by atoms with E-state index >= 15 is 0 Å². The van der Waals surface area contributed by atoms with E-state index in [0.29, 0.717) is 27.6 Å². The van der Waals surface area contributed by atoms with Gasteiger partial charge in [0.15, 0.2) is 0 Å². The van der Waals surface area contributed by atoms with Gasteiger partial charge in [0.1, 0.15) is 18.3 Å². The number of ether oxygens (including phenoxy) is 2. The Morgan fingerprint density at radius 2 is 1.94 bits per heavy atom. The summed E-state index contributed by atoms with van der Waals surface area (Å²) in [4.78, 5) is 31.0. The highest BCUT2D eigenvalue weighted by molar-refractivity contribution is 6.30. The number of carbonyl (C=O) groups excluding carboxylic acids is 2. The fraction of sp³-hybridized carbons (Fsp3) is 0.286. The Kier molecular flexibility index (Phi) is 9.43. The molecule has 0 aromatic heterocycles. The van der Waals surface area contributed by atoms with E-state index in [9.17, 15) is 9.59 Å². The molecule has 7 nitrogen and oxygen atoms in total. The summed E-state index contributed by atoms with van der Waals surface area (Å²) in [5.41, 5.74) is 3.11. The van der Waals surface area contributed by atoms with Crippen LogP contribution < -0.4 is 10.1 Å². The second-order valence-corrected chi connectivity index (χ2v) is 8.66. The van der Waals surface area contributed by atoms with Crippen molar-refractivity contribution in [1.29, 1.82) is 5.26 Å². The van der Waals surface area contributed by atoms with Crippen LogP contribution in [0.15, 0.2) is 70.9 Å². The minimum atomic E-state index is -0.818. The Balaban J connectivity index is 1.85. The molecule has 36 heavy (non-hydrogen) atoms. The number of carbonyl (C=O) groups is 2. The standard InChI is InChI=1S/C28H28ClN3O4/c1-18-24(27(33)31-15-5-7-20-10-12-23(35-3)13-11-20)26(21-8-4-9-22(29)17-21)25(19(2)32-18)28(34)36-16-6-14-30/h4-5,7-13,17,25-26H,6,15-16H2,1-3H3,(H,31,33). The Labute approximate surface area is 216 Å². The first-order chi connectivity index (χ1) is 17.3. The van der Waals surface area contributed by atoms with E-state index in [1.165, 1.54) is 0 Å². The second-order valence-electron chi connectivity index (χ2n) is 8.22. The summed E-state index contributed by atoms with van der Waals surface area (Å²) in [6, 6.07) is 16.6. The Hall–Kier alpha value is -3.89. The second kappa shape index (κ2) is 12.7. The Bertz CT molecular complexity index is 1240. The van der Waals surface area contributed by atoms with E-state index in [0.717, 1.165) is 11.3 Å². The summed E-state index contributed by atoms with van der Waals surface area (Å²) < 4.78 is 10.5. The number of methoxy groups -OCH3 is 1. The van der Waals surface area contributed by atoms with Crippen LogP contribution in [0.4, 0.5) is 0 Å². The maximum absolute atomic E-state index is 13.4. The average molecular weight is 506 g/mol. The van der Waals surface area contributed by atoms with Crippen molar-refractivity contribution in [2.24, 2.45) is 10.9 Å². The number of benzene rings is 2. The van der Waals surface area contributed by atoms with Crippen LogP contribution in [0.1, 0.15) is 37.3 Å². The zero-order valence-corrected chi connectivity index (χ0v) is 21.2. The zero-order chi connectivity index (χ0) is 26.1. The molecule has 3 rings (SSSR count). The first kappa shape index (κ1) is 26.7. The maximum atomic E-state index is 13.4. The molecule has 1 amide bonds. The predicted molar refractivity (Wildman–Crippen MR) is 140 cm³/mol. The van der Waals surface area contributed by atoms with E-state index in [2.05, 4.69) is 10.3 Å². The Morgan fingerprint density at radius 3 is 2.61 bits per heavy atom. The molecule has 1 aliphatic rings. The smallest absolute Gasteiger partial charge is 0.315 e. The molecule has 2 atom stereocenters. The van der Waals surface area contributed by atoms with Crippen LogP contribution in [0.5, 0.6) is 5.75 Å². The van der Waals surface area contributed by atoms with Crippen molar-refractivity contribution < 1.29 is 19.1 Å². The lowest BCUT2D eigenvalue weighted by molar-refractivity contribution is -0.146. The van der Waals surface area contributed by atoms with Crippen LogP contribution in [0.2, 0.25) is 5.02 Å². The first-order valence-corrected chi connectivity index (χ1v) is 11.9. The van der Waals surface area contributed by atoms with Gasteiger partial charge in [0.05, 0.1) is 19.6 Å². The van der Waals surface area contributed by atoms with Crippen LogP contribution in [0, 0.1) is 17.2 Å². The number of nitrogens with one attached hydrogen (secondary N) is 1. The fourth-order valence-electron chi connectivity index (χ4n) is 4.14. The number of allylic oxidation sites excluding steroid dienone is 1. The van der Waals surface area contributed by atoms with Gasteiger partial charge in [0.25, 0.3) is 0 Å². The van der Waals surface area contributed by atoms with Crippen molar-refractivity contribution in [3.05, 3.63) is 82.0 Å². The number of amides is 1. The summed E-state index contributed by atoms with van der Waals surface area (Å²) >= 11 is 6.26. The highest BCUT2D eigenvalue weighted by Gasteiger charge is 2.41. The molecular weight excluding hydrogens is 478 g/mol. The molecule has 1 aliphatic heterocycles. The highest BCUT2D eigenvalue weighted by Crippen LogP contribution is 2.40. The van der Waals surface area contributed by atoms with E-state index in [-0.39, 0.29) is 25.5 Å². The van der Waals surface area contributed by atoms with Gasteiger partial charge in [0.2, 0.25) is 5.91 Å². The van der Waals surface area contributed by atoms with Crippen LogP contribution in [-0.2, 0) is 14.3 Å². The van der Waals surface area contributed by atoms with Crippen molar-refractivity contribution in [3.8, 4) is 11.8 Å². The van der Waals surface area contributed by atoms with Gasteiger partial charge in [-0.3, -0.25) is 14.6 Å². The third-order valence-corrected chi connectivity index (χ3v) is 6.03. The molecule has 0 aliphatic carbocycles. The number of hydrogen-bond acceptors (Lipinski definition) is 6. The van der Waals surface area contributed by atoms with Crippen molar-refractivity contribution >= 4 is 35.3 Å². The number of hydrogen-bond donors (Lipinski definition) is 1. The summed E-state index contributed by atoms with van der Waals surface area (Å²) in [5, 5.41) is 12.2. The molecule has 1 heterocycles. The maximum Gasteiger partial charge on any atom is 0.315 e. The minimum absolute atomic E-state index is 0.0260. The monoisotopic (exact) mass is 505 g/mol. The molecule has 2 aromatic rings. The Morgan fingerprint density at radius 1 is 1.19 bits per heavy atom. The minimum Gasteiger partial charge on any atom is -0.497 e. The van der Waals surface area contributed by atoms with Crippen LogP contribution in [0.25, 0.3) is 6.08 Å². The fourth-order valence-corrected chi connectivity index (χ4v) is 4.34. The molecule has 2 unspecified atom stereocenters. The number of rotatable bonds is 9. The van der Waals surface area contributed by atoms with Gasteiger partial charge in [-0.15, -0.1) is 0 Å². The number of aliphatic imine (C=N–C) groups is 1. The van der Waals surface area contributed by atoms with Gasteiger partial charge in [-0.1, -0.05) is 48.0 Å². The molecule has 0 spiro atoms. The molecular formula is C28H28ClN3O4. The molecule has 0 fully saturated rings. The third-order valence-electron chi connectivity index (χ3n) is 5.80. The molecule has 1 N–H and O–H groups in total. The normalized spacial score (nSPS) is 17.4. The van der Waals surface area contributed by atoms with Gasteiger partial charge in [-0.05, 0) is 49.2 Å². The molecule has 0 radical (unpaired) electrons. The van der Waals surface area contributed by atoms with Crippen LogP contribution in [-0.4, -0.2) is 37.8 Å². The van der Waals surface area contributed by atoms with E-state index in [4.69, 9.17) is 26.3 Å². The summed E-state index contributed by atoms with van der Waals surface area (Å²) in [5.74, 6) is -1.55. The van der Waals surface area contributed by atoms with E-state index in [1.807, 2.05) is 48.6 Å². The molecule has 186 valence electrons. The van der Waals surface area contributed by atoms with Crippen molar-refractivity contribution in [2.45, 2.75) is 26.2 Å². The van der Waals surface area contributed by atoms with Gasteiger partial charge in [-0.2, -0.15) is 5.26 Å². The highest BCUT2D eigenvalue weighted by atomic mass is 35.5. The number of halogens is 1. The number of esters is 1. The van der Waals surface area contributed by atoms with Gasteiger partial charge < -0.3 is 14.8 Å². The lowest BCUT2D eigenvalue weighted by atomic mass is 9.75. The number of nitriles is 1. The predicted octanol–water partition coefficient (Wildman–Crippen LogP) is 5.08. The van der Waals surface area contributed by atoms with Crippen molar-refractivity contribution in [1.82, 2.24) is 5.32 Å². The van der Waals surface area contributed by atoms with Gasteiger partial charge >= 0.3 is 5.97 Å².